The first-order valence-electron chi connectivity index (χ1n) is 2.67. The van der Waals surface area contributed by atoms with Crippen LogP contribution in [0.1, 0.15) is 5.56 Å². The van der Waals surface area contributed by atoms with Gasteiger partial charge in [-0.1, -0.05) is 0 Å². The number of rotatable bonds is 1. The number of aromatic amines is 1. The fraction of sp³-hybridized carbons (Fsp3) is 0.167. The van der Waals surface area contributed by atoms with Crippen LogP contribution in [-0.4, -0.2) is 4.98 Å². The highest BCUT2D eigenvalue weighted by atomic mass is 35.5. The van der Waals surface area contributed by atoms with E-state index in [1.807, 2.05) is 0 Å². The van der Waals surface area contributed by atoms with Crippen LogP contribution < -0.4 is 5.56 Å². The molecular formula is C6H5ClFNO. The zero-order valence-corrected chi connectivity index (χ0v) is 5.78. The van der Waals surface area contributed by atoms with Crippen molar-refractivity contribution < 1.29 is 4.39 Å². The van der Waals surface area contributed by atoms with E-state index in [4.69, 9.17) is 11.6 Å². The second-order valence-corrected chi connectivity index (χ2v) is 2.09. The molecule has 0 spiro atoms. The van der Waals surface area contributed by atoms with Gasteiger partial charge in [0.05, 0.1) is 0 Å². The molecule has 10 heavy (non-hydrogen) atoms. The van der Waals surface area contributed by atoms with E-state index >= 15 is 0 Å². The molecule has 0 aliphatic heterocycles. The number of alkyl halides is 1. The van der Waals surface area contributed by atoms with E-state index in [9.17, 15) is 9.18 Å². The van der Waals surface area contributed by atoms with Crippen molar-refractivity contribution in [3.63, 3.8) is 0 Å². The molecule has 1 N–H and O–H groups in total. The maximum atomic E-state index is 12.4. The monoisotopic (exact) mass is 161 g/mol. The maximum absolute atomic E-state index is 12.4. The molecule has 0 aromatic carbocycles. The van der Waals surface area contributed by atoms with Gasteiger partial charge in [-0.3, -0.25) is 4.79 Å². The van der Waals surface area contributed by atoms with E-state index < -0.39 is 11.4 Å². The first-order chi connectivity index (χ1) is 4.74. The number of aromatic nitrogens is 1. The first-order valence-corrected chi connectivity index (χ1v) is 3.20. The molecule has 0 radical (unpaired) electrons. The molecule has 0 unspecified atom stereocenters. The third kappa shape index (κ3) is 1.36. The minimum Gasteiger partial charge on any atom is -0.326 e. The van der Waals surface area contributed by atoms with Crippen molar-refractivity contribution in [1.82, 2.24) is 4.98 Å². The van der Waals surface area contributed by atoms with Crippen molar-refractivity contribution in [3.8, 4) is 0 Å². The van der Waals surface area contributed by atoms with Crippen molar-refractivity contribution >= 4 is 11.6 Å². The molecule has 2 nitrogen and oxygen atoms in total. The predicted octanol–water partition coefficient (Wildman–Crippen LogP) is 1.25. The van der Waals surface area contributed by atoms with Crippen molar-refractivity contribution in [3.05, 3.63) is 34.0 Å². The number of halogens is 2. The maximum Gasteiger partial charge on any atom is 0.283 e. The van der Waals surface area contributed by atoms with Crippen LogP contribution in [0, 0.1) is 5.82 Å². The lowest BCUT2D eigenvalue weighted by atomic mass is 10.3. The summed E-state index contributed by atoms with van der Waals surface area (Å²) in [7, 11) is 0. The highest BCUT2D eigenvalue weighted by Crippen LogP contribution is 1.99. The Balaban J connectivity index is 3.17. The number of pyridine rings is 1. The van der Waals surface area contributed by atoms with Gasteiger partial charge >= 0.3 is 0 Å². The second-order valence-electron chi connectivity index (χ2n) is 1.82. The van der Waals surface area contributed by atoms with E-state index in [1.165, 1.54) is 6.20 Å². The van der Waals surface area contributed by atoms with Crippen molar-refractivity contribution in [2.24, 2.45) is 0 Å². The molecule has 0 aliphatic rings. The molecule has 0 aliphatic carbocycles. The molecule has 0 fully saturated rings. The van der Waals surface area contributed by atoms with E-state index in [-0.39, 0.29) is 5.88 Å². The Labute approximate surface area is 61.6 Å². The summed E-state index contributed by atoms with van der Waals surface area (Å²) in [5.74, 6) is -0.591. The van der Waals surface area contributed by atoms with Gasteiger partial charge in [0.2, 0.25) is 0 Å². The second kappa shape index (κ2) is 2.84. The van der Waals surface area contributed by atoms with Crippen LogP contribution in [0.2, 0.25) is 0 Å². The van der Waals surface area contributed by atoms with E-state index in [1.54, 1.807) is 0 Å². The van der Waals surface area contributed by atoms with Gasteiger partial charge in [-0.25, -0.2) is 4.39 Å². The lowest BCUT2D eigenvalue weighted by Gasteiger charge is -1.91. The van der Waals surface area contributed by atoms with Gasteiger partial charge in [-0.15, -0.1) is 11.6 Å². The Morgan fingerprint density at radius 2 is 2.40 bits per heavy atom. The molecular weight excluding hydrogens is 157 g/mol. The highest BCUT2D eigenvalue weighted by Gasteiger charge is 1.97. The van der Waals surface area contributed by atoms with Gasteiger partial charge < -0.3 is 4.98 Å². The van der Waals surface area contributed by atoms with Crippen LogP contribution in [0.25, 0.3) is 0 Å². The van der Waals surface area contributed by atoms with Crippen LogP contribution in [0.5, 0.6) is 0 Å². The van der Waals surface area contributed by atoms with Crippen LogP contribution in [0.15, 0.2) is 17.1 Å². The minimum absolute atomic E-state index is 0.202. The fourth-order valence-electron chi connectivity index (χ4n) is 0.574. The van der Waals surface area contributed by atoms with Gasteiger partial charge in [0.25, 0.3) is 5.56 Å². The van der Waals surface area contributed by atoms with Crippen molar-refractivity contribution in [1.29, 1.82) is 0 Å². The molecule has 0 amide bonds. The lowest BCUT2D eigenvalue weighted by Crippen LogP contribution is -2.09. The third-order valence-corrected chi connectivity index (χ3v) is 1.38. The smallest absolute Gasteiger partial charge is 0.283 e. The van der Waals surface area contributed by atoms with Gasteiger partial charge in [0.15, 0.2) is 5.82 Å². The molecule has 1 heterocycles. The average Bonchev–Trinajstić information content (AvgIpc) is 1.95. The lowest BCUT2D eigenvalue weighted by molar-refractivity contribution is 0.606. The Morgan fingerprint density at radius 1 is 1.70 bits per heavy atom. The van der Waals surface area contributed by atoms with Crippen LogP contribution in [-0.2, 0) is 5.88 Å². The van der Waals surface area contributed by atoms with Gasteiger partial charge in [-0.2, -0.15) is 0 Å². The Hall–Kier alpha value is -0.830. The largest absolute Gasteiger partial charge is 0.326 e. The molecule has 1 rings (SSSR count). The van der Waals surface area contributed by atoms with Crippen molar-refractivity contribution in [2.45, 2.75) is 5.88 Å². The molecule has 0 saturated heterocycles. The molecule has 1 aromatic rings. The Morgan fingerprint density at radius 3 is 2.90 bits per heavy atom. The summed E-state index contributed by atoms with van der Waals surface area (Å²) in [6.45, 7) is 0. The quantitative estimate of drug-likeness (QED) is 0.618. The van der Waals surface area contributed by atoms with Gasteiger partial charge in [0.1, 0.15) is 0 Å². The third-order valence-electron chi connectivity index (χ3n) is 1.07. The summed E-state index contributed by atoms with van der Waals surface area (Å²) >= 11 is 5.36. The zero-order valence-electron chi connectivity index (χ0n) is 5.03. The summed E-state index contributed by atoms with van der Waals surface area (Å²) in [6.07, 6.45) is 1.39. The Kier molecular flexibility index (Phi) is 2.06. The fourth-order valence-corrected chi connectivity index (χ4v) is 0.729. The van der Waals surface area contributed by atoms with Gasteiger partial charge in [-0.05, 0) is 11.6 Å². The summed E-state index contributed by atoms with van der Waals surface area (Å²) in [5.41, 5.74) is -0.146. The van der Waals surface area contributed by atoms with Crippen molar-refractivity contribution in [2.75, 3.05) is 0 Å². The molecule has 0 bridgehead atoms. The van der Waals surface area contributed by atoms with Crippen LogP contribution in [0.3, 0.4) is 0 Å². The summed E-state index contributed by atoms with van der Waals surface area (Å²) in [5, 5.41) is 0. The predicted molar refractivity (Wildman–Crippen MR) is 36.6 cm³/mol. The van der Waals surface area contributed by atoms with Gasteiger partial charge in [0, 0.05) is 12.1 Å². The number of hydrogen-bond donors (Lipinski definition) is 1. The standard InChI is InChI=1S/C6H5ClFNO/c7-2-4-1-5(8)6(10)9-3-4/h1,3H,2H2,(H,9,10). The first kappa shape index (κ1) is 7.28. The van der Waals surface area contributed by atoms with Crippen LogP contribution in [0.4, 0.5) is 4.39 Å². The molecule has 54 valence electrons. The highest BCUT2D eigenvalue weighted by molar-refractivity contribution is 6.17. The number of nitrogens with one attached hydrogen (secondary N) is 1. The number of H-pyrrole nitrogens is 1. The van der Waals surface area contributed by atoms with E-state index in [2.05, 4.69) is 4.98 Å². The minimum atomic E-state index is -0.793. The summed E-state index contributed by atoms with van der Waals surface area (Å²) < 4.78 is 12.4. The van der Waals surface area contributed by atoms with Crippen LogP contribution >= 0.6 is 11.6 Å². The van der Waals surface area contributed by atoms with E-state index in [0.717, 1.165) is 6.07 Å². The molecule has 1 aromatic heterocycles. The molecule has 4 heteroatoms. The normalized spacial score (nSPS) is 9.80. The van der Waals surface area contributed by atoms with E-state index in [0.29, 0.717) is 5.56 Å². The zero-order chi connectivity index (χ0) is 7.56. The number of hydrogen-bond acceptors (Lipinski definition) is 1. The molecule has 0 atom stereocenters. The summed E-state index contributed by atoms with van der Waals surface area (Å²) in [4.78, 5) is 12.6. The molecule has 0 saturated carbocycles. The topological polar surface area (TPSA) is 32.9 Å². The summed E-state index contributed by atoms with van der Waals surface area (Å²) in [6, 6.07) is 1.12. The average molecular weight is 162 g/mol. The SMILES string of the molecule is O=c1[nH]cc(CCl)cc1F. The Bertz CT molecular complexity index is 283.